The molecule has 3 aliphatic rings. The molecule has 3 heterocycles. The zero-order valence-corrected chi connectivity index (χ0v) is 27.1. The Morgan fingerprint density at radius 1 is 0.854 bits per heavy atom. The van der Waals surface area contributed by atoms with E-state index in [9.17, 15) is 19.2 Å². The van der Waals surface area contributed by atoms with Crippen molar-refractivity contribution in [2.45, 2.75) is 110 Å². The molecule has 3 fully saturated rings. The van der Waals surface area contributed by atoms with Crippen LogP contribution >= 0.6 is 0 Å². The third-order valence-electron chi connectivity index (χ3n) is 9.42. The molecule has 0 radical (unpaired) electrons. The van der Waals surface area contributed by atoms with Crippen LogP contribution in [0.5, 0.6) is 0 Å². The number of nitrogens with zero attached hydrogens (tertiary/aromatic N) is 5. The molecule has 0 aromatic heterocycles. The number of likely N-dealkylation sites (N-methyl/N-ethyl adjacent to an activating group) is 3. The predicted molar refractivity (Wildman–Crippen MR) is 161 cm³/mol. The van der Waals surface area contributed by atoms with Crippen molar-refractivity contribution < 1.29 is 19.2 Å². The lowest BCUT2D eigenvalue weighted by atomic mass is 9.84. The molecule has 0 bridgehead atoms. The topological polar surface area (TPSA) is 96.5 Å². The Kier molecular flexibility index (Phi) is 11.2. The van der Waals surface area contributed by atoms with Crippen LogP contribution in [0.15, 0.2) is 0 Å². The first-order valence-corrected chi connectivity index (χ1v) is 15.7. The number of amides is 4. The minimum Gasteiger partial charge on any atom is -0.347 e. The highest BCUT2D eigenvalue weighted by atomic mass is 16.2. The SMILES string of the molecule is CC(C)[C@@H](CN1CCC[C@H]1C(=O)N1CCC[C@H]1C(=O)N(C)C)N(C)C(=O)[C@@H](NC(=O)C1CCCCN1C)C(C)(C)C. The highest BCUT2D eigenvalue weighted by Crippen LogP contribution is 2.28. The third-order valence-corrected chi connectivity index (χ3v) is 9.42. The molecule has 3 aliphatic heterocycles. The summed E-state index contributed by atoms with van der Waals surface area (Å²) >= 11 is 0. The number of carbonyl (C=O) groups is 4. The largest absolute Gasteiger partial charge is 0.347 e. The van der Waals surface area contributed by atoms with Crippen molar-refractivity contribution in [1.82, 2.24) is 29.8 Å². The summed E-state index contributed by atoms with van der Waals surface area (Å²) in [5, 5.41) is 3.13. The van der Waals surface area contributed by atoms with Crippen molar-refractivity contribution in [3.8, 4) is 0 Å². The first kappa shape index (κ1) is 33.3. The van der Waals surface area contributed by atoms with E-state index in [0.717, 1.165) is 51.6 Å². The molecule has 0 spiro atoms. The minimum atomic E-state index is -0.657. The lowest BCUT2D eigenvalue weighted by Gasteiger charge is -2.41. The summed E-state index contributed by atoms with van der Waals surface area (Å²) < 4.78 is 0. The monoisotopic (exact) mass is 576 g/mol. The van der Waals surface area contributed by atoms with Crippen molar-refractivity contribution >= 4 is 23.6 Å². The lowest BCUT2D eigenvalue weighted by molar-refractivity contribution is -0.146. The summed E-state index contributed by atoms with van der Waals surface area (Å²) in [6, 6.07) is -1.67. The number of hydrogen-bond donors (Lipinski definition) is 1. The predicted octanol–water partition coefficient (Wildman–Crippen LogP) is 2.03. The molecule has 3 rings (SSSR count). The molecule has 234 valence electrons. The van der Waals surface area contributed by atoms with Gasteiger partial charge in [0.25, 0.3) is 0 Å². The molecule has 1 N–H and O–H groups in total. The molecule has 0 aliphatic carbocycles. The first-order valence-electron chi connectivity index (χ1n) is 15.7. The summed E-state index contributed by atoms with van der Waals surface area (Å²) in [6.07, 6.45) is 6.13. The van der Waals surface area contributed by atoms with Crippen LogP contribution in [0, 0.1) is 11.3 Å². The van der Waals surface area contributed by atoms with Crippen molar-refractivity contribution in [1.29, 1.82) is 0 Å². The Hall–Kier alpha value is -2.20. The summed E-state index contributed by atoms with van der Waals surface area (Å²) in [4.78, 5) is 63.4. The van der Waals surface area contributed by atoms with E-state index in [1.54, 1.807) is 28.8 Å². The van der Waals surface area contributed by atoms with Gasteiger partial charge in [0.05, 0.1) is 12.1 Å². The molecule has 10 nitrogen and oxygen atoms in total. The smallest absolute Gasteiger partial charge is 0.245 e. The number of likely N-dealkylation sites (tertiary alicyclic amines) is 3. The number of piperidine rings is 1. The molecular weight excluding hydrogens is 520 g/mol. The fraction of sp³-hybridized carbons (Fsp3) is 0.871. The second-order valence-corrected chi connectivity index (χ2v) is 14.1. The maximum atomic E-state index is 14.1. The molecule has 0 saturated carbocycles. The van der Waals surface area contributed by atoms with Gasteiger partial charge in [-0.25, -0.2) is 0 Å². The van der Waals surface area contributed by atoms with Gasteiger partial charge in [-0.3, -0.25) is 29.0 Å². The fourth-order valence-corrected chi connectivity index (χ4v) is 6.78. The fourth-order valence-electron chi connectivity index (χ4n) is 6.78. The van der Waals surface area contributed by atoms with Gasteiger partial charge in [0.1, 0.15) is 12.1 Å². The van der Waals surface area contributed by atoms with E-state index >= 15 is 0 Å². The molecule has 0 aromatic carbocycles. The maximum absolute atomic E-state index is 14.1. The van der Waals surface area contributed by atoms with Crippen LogP contribution in [-0.2, 0) is 19.2 Å². The first-order chi connectivity index (χ1) is 19.1. The lowest BCUT2D eigenvalue weighted by Crippen LogP contribution is -2.61. The Morgan fingerprint density at radius 2 is 1.46 bits per heavy atom. The number of carbonyl (C=O) groups excluding carboxylic acids is 4. The van der Waals surface area contributed by atoms with Crippen molar-refractivity contribution in [3.63, 3.8) is 0 Å². The average molecular weight is 577 g/mol. The van der Waals surface area contributed by atoms with Crippen molar-refractivity contribution in [2.75, 3.05) is 54.4 Å². The molecule has 41 heavy (non-hydrogen) atoms. The summed E-state index contributed by atoms with van der Waals surface area (Å²) in [6.45, 7) is 13.1. The Labute approximate surface area is 248 Å². The molecule has 0 aromatic rings. The average Bonchev–Trinajstić information content (AvgIpc) is 3.58. The molecular formula is C31H56N6O4. The normalized spacial score (nSPS) is 25.7. The standard InChI is InChI=1S/C31H56N6O4/c1-21(2)25(20-36-18-12-15-23(36)29(40)37-19-13-16-24(37)28(39)33(6)7)35(9)30(41)26(31(3,4)5)32-27(38)22-14-10-11-17-34(22)8/h21-26H,10-20H2,1-9H3,(H,32,38)/t22?,23-,24-,25+,26+/m0/s1. The Morgan fingerprint density at radius 3 is 2.05 bits per heavy atom. The van der Waals surface area contributed by atoms with E-state index in [1.807, 2.05) is 34.9 Å². The Bertz CT molecular complexity index is 947. The highest BCUT2D eigenvalue weighted by molar-refractivity contribution is 5.91. The van der Waals surface area contributed by atoms with Crippen molar-refractivity contribution in [2.24, 2.45) is 11.3 Å². The summed E-state index contributed by atoms with van der Waals surface area (Å²) in [7, 11) is 7.30. The zero-order chi connectivity index (χ0) is 30.6. The van der Waals surface area contributed by atoms with Crippen LogP contribution in [0.25, 0.3) is 0 Å². The van der Waals surface area contributed by atoms with Crippen LogP contribution < -0.4 is 5.32 Å². The van der Waals surface area contributed by atoms with Crippen LogP contribution in [0.1, 0.15) is 79.6 Å². The van der Waals surface area contributed by atoms with E-state index < -0.39 is 11.5 Å². The molecule has 3 saturated heterocycles. The zero-order valence-electron chi connectivity index (χ0n) is 27.1. The number of hydrogen-bond acceptors (Lipinski definition) is 6. The van der Waals surface area contributed by atoms with Gasteiger partial charge in [0.2, 0.25) is 23.6 Å². The summed E-state index contributed by atoms with van der Waals surface area (Å²) in [5.41, 5.74) is -0.467. The van der Waals surface area contributed by atoms with E-state index in [-0.39, 0.29) is 53.7 Å². The van der Waals surface area contributed by atoms with Crippen LogP contribution in [0.3, 0.4) is 0 Å². The van der Waals surface area contributed by atoms with E-state index in [2.05, 4.69) is 29.0 Å². The molecule has 5 atom stereocenters. The number of rotatable bonds is 9. The van der Waals surface area contributed by atoms with E-state index in [0.29, 0.717) is 19.5 Å². The minimum absolute atomic E-state index is 0.0135. The third kappa shape index (κ3) is 7.80. The summed E-state index contributed by atoms with van der Waals surface area (Å²) in [5.74, 6) is -0.00145. The van der Waals surface area contributed by atoms with E-state index in [4.69, 9.17) is 0 Å². The van der Waals surface area contributed by atoms with Gasteiger partial charge in [-0.15, -0.1) is 0 Å². The van der Waals surface area contributed by atoms with Crippen LogP contribution in [-0.4, -0.2) is 133 Å². The van der Waals surface area contributed by atoms with Gasteiger partial charge in [-0.05, 0) is 70.0 Å². The van der Waals surface area contributed by atoms with Crippen LogP contribution in [0.4, 0.5) is 0 Å². The van der Waals surface area contributed by atoms with Gasteiger partial charge in [0.15, 0.2) is 0 Å². The van der Waals surface area contributed by atoms with Gasteiger partial charge >= 0.3 is 0 Å². The second-order valence-electron chi connectivity index (χ2n) is 14.1. The van der Waals surface area contributed by atoms with Gasteiger partial charge < -0.3 is 20.0 Å². The van der Waals surface area contributed by atoms with Gasteiger partial charge in [-0.2, -0.15) is 0 Å². The van der Waals surface area contributed by atoms with E-state index in [1.165, 1.54) is 0 Å². The second kappa shape index (κ2) is 13.8. The van der Waals surface area contributed by atoms with Gasteiger partial charge in [0, 0.05) is 40.3 Å². The molecule has 1 unspecified atom stereocenters. The van der Waals surface area contributed by atoms with Crippen LogP contribution in [0.2, 0.25) is 0 Å². The Balaban J connectivity index is 1.74. The quantitative estimate of drug-likeness (QED) is 0.451. The van der Waals surface area contributed by atoms with Crippen molar-refractivity contribution in [3.05, 3.63) is 0 Å². The van der Waals surface area contributed by atoms with Gasteiger partial charge in [-0.1, -0.05) is 41.0 Å². The maximum Gasteiger partial charge on any atom is 0.245 e. The molecule has 10 heteroatoms. The highest BCUT2D eigenvalue weighted by Gasteiger charge is 2.43. The molecule has 4 amide bonds. The number of nitrogens with one attached hydrogen (secondary N) is 1.